The molecule has 1 aromatic carbocycles. The minimum atomic E-state index is -0.577. The fourth-order valence-electron chi connectivity index (χ4n) is 1.33. The normalized spacial score (nSPS) is 12.2. The van der Waals surface area contributed by atoms with Gasteiger partial charge in [0.2, 0.25) is 0 Å². The van der Waals surface area contributed by atoms with Crippen molar-refractivity contribution in [2.45, 2.75) is 20.0 Å². The van der Waals surface area contributed by atoms with Gasteiger partial charge in [0.15, 0.2) is 0 Å². The van der Waals surface area contributed by atoms with Crippen LogP contribution in [0.3, 0.4) is 0 Å². The van der Waals surface area contributed by atoms with Crippen LogP contribution in [-0.2, 0) is 14.3 Å². The van der Waals surface area contributed by atoms with Crippen LogP contribution in [0.5, 0.6) is 0 Å². The maximum absolute atomic E-state index is 11.8. The van der Waals surface area contributed by atoms with Crippen LogP contribution in [0, 0.1) is 0 Å². The first-order valence-corrected chi connectivity index (χ1v) is 6.75. The number of amides is 1. The average molecular weight is 306 g/mol. The molecule has 0 fully saturated rings. The van der Waals surface area contributed by atoms with Gasteiger partial charge < -0.3 is 14.8 Å². The Labute approximate surface area is 123 Å². The second-order valence-electron chi connectivity index (χ2n) is 3.82. The number of rotatable bonds is 7. The number of carbonyl (C=O) groups excluding carboxylic acids is 1. The summed E-state index contributed by atoms with van der Waals surface area (Å²) in [5.74, 6) is -0.263. The standard InChI is InChI=1S/C13H17Cl2NO3/c1-3-18-6-7-19-9(2)13(17)16-12-5-4-10(14)8-11(12)15/h4-5,8-9H,3,6-7H2,1-2H3,(H,16,17). The van der Waals surface area contributed by atoms with Crippen molar-refractivity contribution >= 4 is 34.8 Å². The minimum absolute atomic E-state index is 0.263. The van der Waals surface area contributed by atoms with E-state index in [-0.39, 0.29) is 5.91 Å². The van der Waals surface area contributed by atoms with Crippen molar-refractivity contribution in [2.75, 3.05) is 25.1 Å². The Kier molecular flexibility index (Phi) is 7.16. The number of nitrogens with one attached hydrogen (secondary N) is 1. The Morgan fingerprint density at radius 2 is 2.11 bits per heavy atom. The van der Waals surface area contributed by atoms with Crippen LogP contribution in [0.15, 0.2) is 18.2 Å². The molecule has 1 atom stereocenters. The second kappa shape index (κ2) is 8.38. The van der Waals surface area contributed by atoms with Crippen molar-refractivity contribution in [3.05, 3.63) is 28.2 Å². The molecule has 0 aromatic heterocycles. The van der Waals surface area contributed by atoms with Gasteiger partial charge in [-0.15, -0.1) is 0 Å². The number of hydrogen-bond acceptors (Lipinski definition) is 3. The molecule has 0 radical (unpaired) electrons. The predicted molar refractivity (Wildman–Crippen MR) is 77.0 cm³/mol. The summed E-state index contributed by atoms with van der Waals surface area (Å²) >= 11 is 11.7. The van der Waals surface area contributed by atoms with Gasteiger partial charge in [-0.25, -0.2) is 0 Å². The molecule has 1 rings (SSSR count). The zero-order valence-corrected chi connectivity index (χ0v) is 12.4. The lowest BCUT2D eigenvalue weighted by Gasteiger charge is -2.14. The predicted octanol–water partition coefficient (Wildman–Crippen LogP) is 3.37. The first kappa shape index (κ1) is 16.2. The maximum atomic E-state index is 11.8. The van der Waals surface area contributed by atoms with E-state index < -0.39 is 6.10 Å². The largest absolute Gasteiger partial charge is 0.379 e. The first-order chi connectivity index (χ1) is 9.04. The number of benzene rings is 1. The highest BCUT2D eigenvalue weighted by atomic mass is 35.5. The molecule has 1 N–H and O–H groups in total. The second-order valence-corrected chi connectivity index (χ2v) is 4.67. The van der Waals surface area contributed by atoms with Crippen molar-refractivity contribution < 1.29 is 14.3 Å². The van der Waals surface area contributed by atoms with E-state index in [1.165, 1.54) is 0 Å². The van der Waals surface area contributed by atoms with E-state index in [1.807, 2.05) is 6.92 Å². The van der Waals surface area contributed by atoms with Crippen LogP contribution >= 0.6 is 23.2 Å². The molecule has 0 aliphatic rings. The number of ether oxygens (including phenoxy) is 2. The molecular weight excluding hydrogens is 289 g/mol. The molecule has 0 saturated heterocycles. The number of carbonyl (C=O) groups is 1. The summed E-state index contributed by atoms with van der Waals surface area (Å²) in [5.41, 5.74) is 0.510. The fraction of sp³-hybridized carbons (Fsp3) is 0.462. The summed E-state index contributed by atoms with van der Waals surface area (Å²) < 4.78 is 10.5. The Hall–Kier alpha value is -0.810. The lowest BCUT2D eigenvalue weighted by molar-refractivity contribution is -0.127. The molecule has 1 amide bonds. The number of anilines is 1. The molecule has 19 heavy (non-hydrogen) atoms. The highest BCUT2D eigenvalue weighted by Crippen LogP contribution is 2.25. The molecule has 0 bridgehead atoms. The van der Waals surface area contributed by atoms with E-state index in [0.717, 1.165) is 0 Å². The summed E-state index contributed by atoms with van der Waals surface area (Å²) in [4.78, 5) is 11.8. The van der Waals surface area contributed by atoms with Crippen LogP contribution in [0.4, 0.5) is 5.69 Å². The van der Waals surface area contributed by atoms with Crippen LogP contribution in [-0.4, -0.2) is 31.8 Å². The Morgan fingerprint density at radius 3 is 2.74 bits per heavy atom. The zero-order chi connectivity index (χ0) is 14.3. The minimum Gasteiger partial charge on any atom is -0.379 e. The summed E-state index contributed by atoms with van der Waals surface area (Å²) in [6.45, 7) is 5.04. The Bertz CT molecular complexity index is 426. The lowest BCUT2D eigenvalue weighted by atomic mass is 10.3. The van der Waals surface area contributed by atoms with Crippen molar-refractivity contribution in [1.82, 2.24) is 0 Å². The van der Waals surface area contributed by atoms with Crippen molar-refractivity contribution in [3.8, 4) is 0 Å². The molecular formula is C13H17Cl2NO3. The van der Waals surface area contributed by atoms with Gasteiger partial charge in [-0.3, -0.25) is 4.79 Å². The van der Waals surface area contributed by atoms with Gasteiger partial charge >= 0.3 is 0 Å². The smallest absolute Gasteiger partial charge is 0.253 e. The van der Waals surface area contributed by atoms with Gasteiger partial charge in [-0.05, 0) is 32.0 Å². The molecule has 1 aromatic rings. The molecule has 0 saturated carbocycles. The van der Waals surface area contributed by atoms with Crippen LogP contribution in [0.25, 0.3) is 0 Å². The van der Waals surface area contributed by atoms with Gasteiger partial charge in [0, 0.05) is 11.6 Å². The van der Waals surface area contributed by atoms with E-state index in [1.54, 1.807) is 25.1 Å². The van der Waals surface area contributed by atoms with E-state index in [9.17, 15) is 4.79 Å². The van der Waals surface area contributed by atoms with Crippen molar-refractivity contribution in [1.29, 1.82) is 0 Å². The van der Waals surface area contributed by atoms with Crippen LogP contribution in [0.1, 0.15) is 13.8 Å². The average Bonchev–Trinajstić information content (AvgIpc) is 2.37. The summed E-state index contributed by atoms with van der Waals surface area (Å²) in [7, 11) is 0. The van der Waals surface area contributed by atoms with Crippen LogP contribution < -0.4 is 5.32 Å². The SMILES string of the molecule is CCOCCOC(C)C(=O)Nc1ccc(Cl)cc1Cl. The maximum Gasteiger partial charge on any atom is 0.253 e. The molecule has 106 valence electrons. The molecule has 1 unspecified atom stereocenters. The van der Waals surface area contributed by atoms with Crippen LogP contribution in [0.2, 0.25) is 10.0 Å². The summed E-state index contributed by atoms with van der Waals surface area (Å²) in [6, 6.07) is 4.87. The summed E-state index contributed by atoms with van der Waals surface area (Å²) in [6.07, 6.45) is -0.577. The third-order valence-electron chi connectivity index (χ3n) is 2.36. The lowest BCUT2D eigenvalue weighted by Crippen LogP contribution is -2.29. The topological polar surface area (TPSA) is 47.6 Å². The Balaban J connectivity index is 2.45. The van der Waals surface area contributed by atoms with Gasteiger partial charge in [0.1, 0.15) is 6.10 Å². The van der Waals surface area contributed by atoms with E-state index >= 15 is 0 Å². The first-order valence-electron chi connectivity index (χ1n) is 5.99. The molecule has 0 spiro atoms. The molecule has 4 nitrogen and oxygen atoms in total. The third-order valence-corrected chi connectivity index (χ3v) is 2.91. The van der Waals surface area contributed by atoms with E-state index in [2.05, 4.69) is 5.32 Å². The fourth-order valence-corrected chi connectivity index (χ4v) is 1.78. The third kappa shape index (κ3) is 5.78. The monoisotopic (exact) mass is 305 g/mol. The summed E-state index contributed by atoms with van der Waals surface area (Å²) in [5, 5.41) is 3.59. The zero-order valence-electron chi connectivity index (χ0n) is 10.9. The highest BCUT2D eigenvalue weighted by Gasteiger charge is 2.14. The molecule has 0 aliphatic heterocycles. The van der Waals surface area contributed by atoms with Gasteiger partial charge in [0.05, 0.1) is 23.9 Å². The van der Waals surface area contributed by atoms with Crippen molar-refractivity contribution in [3.63, 3.8) is 0 Å². The molecule has 0 heterocycles. The molecule has 0 aliphatic carbocycles. The quantitative estimate of drug-likeness (QED) is 0.786. The van der Waals surface area contributed by atoms with Crippen molar-refractivity contribution in [2.24, 2.45) is 0 Å². The highest BCUT2D eigenvalue weighted by molar-refractivity contribution is 6.36. The van der Waals surface area contributed by atoms with E-state index in [0.29, 0.717) is 35.6 Å². The number of hydrogen-bond donors (Lipinski definition) is 1. The van der Waals surface area contributed by atoms with Gasteiger partial charge in [-0.2, -0.15) is 0 Å². The number of halogens is 2. The Morgan fingerprint density at radius 1 is 1.37 bits per heavy atom. The van der Waals surface area contributed by atoms with E-state index in [4.69, 9.17) is 32.7 Å². The van der Waals surface area contributed by atoms with Gasteiger partial charge in [-0.1, -0.05) is 23.2 Å². The molecule has 6 heteroatoms. The van der Waals surface area contributed by atoms with Gasteiger partial charge in [0.25, 0.3) is 5.91 Å².